The first-order chi connectivity index (χ1) is 15.0. The summed E-state index contributed by atoms with van der Waals surface area (Å²) in [5, 5.41) is 17.1. The molecule has 2 unspecified atom stereocenters. The van der Waals surface area contributed by atoms with E-state index in [1.807, 2.05) is 63.2 Å². The Morgan fingerprint density at radius 1 is 0.968 bits per heavy atom. The van der Waals surface area contributed by atoms with Crippen molar-refractivity contribution in [2.24, 2.45) is 4.99 Å². The van der Waals surface area contributed by atoms with Crippen LogP contribution < -0.4 is 24.8 Å². The Bertz CT molecular complexity index is 824. The Balaban J connectivity index is 2.09. The number of nitrogens with one attached hydrogen (secondary N) is 2. The maximum Gasteiger partial charge on any atom is 0.191 e. The molecule has 7 nitrogen and oxygen atoms in total. The van der Waals surface area contributed by atoms with Crippen LogP contribution in [0.5, 0.6) is 17.2 Å². The van der Waals surface area contributed by atoms with Crippen molar-refractivity contribution in [2.45, 2.75) is 39.8 Å². The number of rotatable bonds is 11. The van der Waals surface area contributed by atoms with Gasteiger partial charge in [-0.05, 0) is 63.1 Å². The topological polar surface area (TPSA) is 84.3 Å². The maximum atomic E-state index is 10.5. The molecule has 0 aliphatic carbocycles. The molecular weight excluding hydrogens is 394 g/mol. The molecule has 0 aromatic heterocycles. The molecule has 7 heteroatoms. The van der Waals surface area contributed by atoms with Crippen molar-refractivity contribution < 1.29 is 19.3 Å². The number of aliphatic hydroxyl groups is 1. The van der Waals surface area contributed by atoms with Gasteiger partial charge in [0.25, 0.3) is 0 Å². The first kappa shape index (κ1) is 24.3. The van der Waals surface area contributed by atoms with Crippen LogP contribution in [0.25, 0.3) is 0 Å². The summed E-state index contributed by atoms with van der Waals surface area (Å²) in [5.74, 6) is 2.86. The van der Waals surface area contributed by atoms with E-state index in [0.717, 1.165) is 28.4 Å². The molecule has 0 saturated heterocycles. The first-order valence-corrected chi connectivity index (χ1v) is 10.8. The van der Waals surface area contributed by atoms with Crippen LogP contribution in [0.4, 0.5) is 0 Å². The minimum Gasteiger partial charge on any atom is -0.497 e. The normalized spacial score (nSPS) is 13.3. The Labute approximate surface area is 185 Å². The third-order valence-corrected chi connectivity index (χ3v) is 4.69. The lowest BCUT2D eigenvalue weighted by Gasteiger charge is -2.20. The van der Waals surface area contributed by atoms with Crippen molar-refractivity contribution in [3.8, 4) is 17.2 Å². The lowest BCUT2D eigenvalue weighted by molar-refractivity contribution is 0.187. The number of guanidine groups is 1. The van der Waals surface area contributed by atoms with Crippen LogP contribution in [-0.4, -0.2) is 44.5 Å². The quantitative estimate of drug-likeness (QED) is 0.372. The molecule has 3 N–H and O–H groups in total. The number of nitrogens with zero attached hydrogens (tertiary/aromatic N) is 1. The van der Waals surface area contributed by atoms with Gasteiger partial charge < -0.3 is 30.0 Å². The van der Waals surface area contributed by atoms with Crippen LogP contribution in [0.1, 0.15) is 51.0 Å². The van der Waals surface area contributed by atoms with Gasteiger partial charge in [-0.2, -0.15) is 0 Å². The average molecular weight is 430 g/mol. The molecule has 0 amide bonds. The highest BCUT2D eigenvalue weighted by atomic mass is 16.5. The second kappa shape index (κ2) is 12.7. The van der Waals surface area contributed by atoms with Crippen LogP contribution in [0.15, 0.2) is 47.5 Å². The third kappa shape index (κ3) is 7.36. The number of hydrogen-bond acceptors (Lipinski definition) is 5. The second-order valence-electron chi connectivity index (χ2n) is 6.95. The van der Waals surface area contributed by atoms with Gasteiger partial charge in [0, 0.05) is 6.54 Å². The van der Waals surface area contributed by atoms with Gasteiger partial charge in [-0.25, -0.2) is 0 Å². The second-order valence-corrected chi connectivity index (χ2v) is 6.95. The molecule has 0 spiro atoms. The summed E-state index contributed by atoms with van der Waals surface area (Å²) in [6.45, 7) is 10.1. The molecule has 0 aliphatic heterocycles. The predicted molar refractivity (Wildman–Crippen MR) is 124 cm³/mol. The van der Waals surface area contributed by atoms with E-state index in [9.17, 15) is 5.11 Å². The lowest BCUT2D eigenvalue weighted by Crippen LogP contribution is -2.39. The number of aliphatic imine (C=N–C) groups is 1. The highest BCUT2D eigenvalue weighted by molar-refractivity contribution is 5.80. The summed E-state index contributed by atoms with van der Waals surface area (Å²) in [7, 11) is 1.62. The third-order valence-electron chi connectivity index (χ3n) is 4.69. The van der Waals surface area contributed by atoms with Crippen LogP contribution in [0.3, 0.4) is 0 Å². The molecule has 0 heterocycles. The van der Waals surface area contributed by atoms with Crippen molar-refractivity contribution in [3.63, 3.8) is 0 Å². The average Bonchev–Trinajstić information content (AvgIpc) is 2.78. The Hall–Kier alpha value is -2.93. The highest BCUT2D eigenvalue weighted by Gasteiger charge is 2.13. The number of hydrogen-bond donors (Lipinski definition) is 3. The Morgan fingerprint density at radius 2 is 1.61 bits per heavy atom. The van der Waals surface area contributed by atoms with E-state index in [1.54, 1.807) is 7.11 Å². The van der Waals surface area contributed by atoms with Crippen molar-refractivity contribution in [2.75, 3.05) is 33.4 Å². The monoisotopic (exact) mass is 429 g/mol. The number of benzene rings is 2. The Kier molecular flexibility index (Phi) is 9.97. The SMILES string of the molecule is CCNC(=NCC(O)c1ccc(OC)cc1)NC(C)c1ccc(OCC)c(OCC)c1. The molecule has 0 aliphatic rings. The van der Waals surface area contributed by atoms with Gasteiger partial charge in [-0.1, -0.05) is 18.2 Å². The van der Waals surface area contributed by atoms with E-state index in [2.05, 4.69) is 22.5 Å². The van der Waals surface area contributed by atoms with Gasteiger partial charge in [0.05, 0.1) is 39.0 Å². The summed E-state index contributed by atoms with van der Waals surface area (Å²) in [5.41, 5.74) is 1.84. The largest absolute Gasteiger partial charge is 0.497 e. The van der Waals surface area contributed by atoms with Gasteiger partial charge in [-0.15, -0.1) is 0 Å². The van der Waals surface area contributed by atoms with E-state index < -0.39 is 6.10 Å². The maximum absolute atomic E-state index is 10.5. The predicted octanol–water partition coefficient (Wildman–Crippen LogP) is 3.84. The van der Waals surface area contributed by atoms with E-state index in [4.69, 9.17) is 14.2 Å². The molecule has 31 heavy (non-hydrogen) atoms. The van der Waals surface area contributed by atoms with Crippen molar-refractivity contribution in [3.05, 3.63) is 53.6 Å². The minimum atomic E-state index is -0.702. The fourth-order valence-corrected chi connectivity index (χ4v) is 3.05. The van der Waals surface area contributed by atoms with Gasteiger partial charge in [0.2, 0.25) is 0 Å². The molecule has 0 saturated carbocycles. The molecule has 170 valence electrons. The van der Waals surface area contributed by atoms with Crippen LogP contribution in [0, 0.1) is 0 Å². The van der Waals surface area contributed by atoms with Crippen molar-refractivity contribution in [1.82, 2.24) is 10.6 Å². The highest BCUT2D eigenvalue weighted by Crippen LogP contribution is 2.30. The first-order valence-electron chi connectivity index (χ1n) is 10.8. The molecular formula is C24H35N3O4. The molecule has 2 atom stereocenters. The molecule has 0 fully saturated rings. The fourth-order valence-electron chi connectivity index (χ4n) is 3.05. The summed E-state index contributed by atoms with van der Waals surface area (Å²) in [6, 6.07) is 13.3. The van der Waals surface area contributed by atoms with Gasteiger partial charge in [0.15, 0.2) is 17.5 Å². The van der Waals surface area contributed by atoms with Crippen LogP contribution >= 0.6 is 0 Å². The van der Waals surface area contributed by atoms with Crippen molar-refractivity contribution >= 4 is 5.96 Å². The zero-order chi connectivity index (χ0) is 22.6. The molecule has 2 rings (SSSR count). The van der Waals surface area contributed by atoms with Gasteiger partial charge in [-0.3, -0.25) is 4.99 Å². The smallest absolute Gasteiger partial charge is 0.191 e. The number of ether oxygens (including phenoxy) is 3. The zero-order valence-electron chi connectivity index (χ0n) is 19.1. The number of aliphatic hydroxyl groups excluding tert-OH is 1. The lowest BCUT2D eigenvalue weighted by atomic mass is 10.1. The summed E-state index contributed by atoms with van der Waals surface area (Å²) in [4.78, 5) is 4.56. The van der Waals surface area contributed by atoms with E-state index in [1.165, 1.54) is 0 Å². The van der Waals surface area contributed by atoms with Crippen molar-refractivity contribution in [1.29, 1.82) is 0 Å². The molecule has 0 bridgehead atoms. The Morgan fingerprint density at radius 3 is 2.23 bits per heavy atom. The standard InChI is InChI=1S/C24H35N3O4/c1-6-25-24(26-16-21(28)18-9-12-20(29-5)13-10-18)27-17(4)19-11-14-22(30-7-2)23(15-19)31-8-3/h9-15,17,21,28H,6-8,16H2,1-5H3,(H2,25,26,27). The van der Waals surface area contributed by atoms with Gasteiger partial charge in [0.1, 0.15) is 5.75 Å². The van der Waals surface area contributed by atoms with Crippen LogP contribution in [-0.2, 0) is 0 Å². The summed E-state index contributed by atoms with van der Waals surface area (Å²) in [6.07, 6.45) is -0.702. The summed E-state index contributed by atoms with van der Waals surface area (Å²) < 4.78 is 16.5. The van der Waals surface area contributed by atoms with E-state index in [0.29, 0.717) is 25.7 Å². The fraction of sp³-hybridized carbons (Fsp3) is 0.458. The molecule has 2 aromatic rings. The number of methoxy groups -OCH3 is 1. The zero-order valence-corrected chi connectivity index (χ0v) is 19.1. The van der Waals surface area contributed by atoms with E-state index in [-0.39, 0.29) is 12.6 Å². The van der Waals surface area contributed by atoms with E-state index >= 15 is 0 Å². The van der Waals surface area contributed by atoms with Crippen LogP contribution in [0.2, 0.25) is 0 Å². The molecule has 0 radical (unpaired) electrons. The molecule has 2 aromatic carbocycles. The minimum absolute atomic E-state index is 0.0224. The summed E-state index contributed by atoms with van der Waals surface area (Å²) >= 11 is 0. The van der Waals surface area contributed by atoms with Gasteiger partial charge >= 0.3 is 0 Å².